The predicted octanol–water partition coefficient (Wildman–Crippen LogP) is 12.3. The third-order valence-electron chi connectivity index (χ3n) is 12.3. The van der Waals surface area contributed by atoms with Gasteiger partial charge in [0.05, 0.1) is 25.4 Å². The van der Waals surface area contributed by atoms with E-state index in [1.807, 2.05) is 6.08 Å². The van der Waals surface area contributed by atoms with Gasteiger partial charge in [-0.15, -0.1) is 0 Å². The summed E-state index contributed by atoms with van der Waals surface area (Å²) in [5.41, 5.74) is 0. The zero-order valence-electron chi connectivity index (χ0n) is 41.0. The van der Waals surface area contributed by atoms with Crippen LogP contribution in [0.15, 0.2) is 60.8 Å². The Bertz CT molecular complexity index is 1180. The molecule has 1 aliphatic heterocycles. The second-order valence-electron chi connectivity index (χ2n) is 18.3. The Morgan fingerprint density at radius 1 is 0.531 bits per heavy atom. The number of rotatable bonds is 44. The number of nitrogens with one attached hydrogen (secondary N) is 1. The first kappa shape index (κ1) is 59.9. The van der Waals surface area contributed by atoms with E-state index in [0.717, 1.165) is 70.6 Å². The van der Waals surface area contributed by atoms with E-state index in [0.29, 0.717) is 6.42 Å². The van der Waals surface area contributed by atoms with Crippen LogP contribution < -0.4 is 5.32 Å². The van der Waals surface area contributed by atoms with E-state index in [4.69, 9.17) is 9.47 Å². The van der Waals surface area contributed by atoms with Gasteiger partial charge in [-0.2, -0.15) is 0 Å². The van der Waals surface area contributed by atoms with Gasteiger partial charge in [-0.25, -0.2) is 0 Å². The van der Waals surface area contributed by atoms with Crippen LogP contribution in [0.4, 0.5) is 0 Å². The van der Waals surface area contributed by atoms with Crippen molar-refractivity contribution in [1.82, 2.24) is 5.32 Å². The van der Waals surface area contributed by atoms with Gasteiger partial charge in [-0.1, -0.05) is 203 Å². The van der Waals surface area contributed by atoms with Crippen molar-refractivity contribution in [3.8, 4) is 0 Å². The molecule has 0 aliphatic carbocycles. The van der Waals surface area contributed by atoms with Crippen molar-refractivity contribution in [1.29, 1.82) is 0 Å². The summed E-state index contributed by atoms with van der Waals surface area (Å²) in [6.45, 7) is 3.74. The Morgan fingerprint density at radius 2 is 0.938 bits per heavy atom. The van der Waals surface area contributed by atoms with Gasteiger partial charge in [-0.3, -0.25) is 4.79 Å². The number of hydrogen-bond acceptors (Lipinski definition) is 8. The summed E-state index contributed by atoms with van der Waals surface area (Å²) in [4.78, 5) is 13.0. The number of aliphatic hydroxyl groups is 5. The molecule has 9 nitrogen and oxygen atoms in total. The van der Waals surface area contributed by atoms with Crippen LogP contribution in [0.1, 0.15) is 226 Å². The van der Waals surface area contributed by atoms with E-state index in [-0.39, 0.29) is 12.5 Å². The summed E-state index contributed by atoms with van der Waals surface area (Å²) in [5.74, 6) is -0.196. The van der Waals surface area contributed by atoms with Crippen molar-refractivity contribution < 1.29 is 39.8 Å². The molecular formula is C55H99NO8. The van der Waals surface area contributed by atoms with E-state index in [1.165, 1.54) is 135 Å². The predicted molar refractivity (Wildman–Crippen MR) is 267 cm³/mol. The second-order valence-corrected chi connectivity index (χ2v) is 18.3. The molecule has 372 valence electrons. The van der Waals surface area contributed by atoms with Crippen LogP contribution in [0.5, 0.6) is 0 Å². The molecule has 1 saturated heterocycles. The average Bonchev–Trinajstić information content (AvgIpc) is 3.29. The third kappa shape index (κ3) is 34.2. The third-order valence-corrected chi connectivity index (χ3v) is 12.3. The summed E-state index contributed by atoms with van der Waals surface area (Å²) in [7, 11) is 0. The Balaban J connectivity index is 2.29. The fourth-order valence-corrected chi connectivity index (χ4v) is 8.04. The van der Waals surface area contributed by atoms with Crippen LogP contribution in [0.2, 0.25) is 0 Å². The summed E-state index contributed by atoms with van der Waals surface area (Å²) in [5, 5.41) is 54.3. The van der Waals surface area contributed by atoms with E-state index in [2.05, 4.69) is 67.8 Å². The van der Waals surface area contributed by atoms with Gasteiger partial charge in [0.1, 0.15) is 24.4 Å². The summed E-state index contributed by atoms with van der Waals surface area (Å²) < 4.78 is 11.2. The van der Waals surface area contributed by atoms with Gasteiger partial charge < -0.3 is 40.3 Å². The molecule has 0 radical (unpaired) electrons. The van der Waals surface area contributed by atoms with Gasteiger partial charge in [-0.05, 0) is 77.0 Å². The monoisotopic (exact) mass is 902 g/mol. The fourth-order valence-electron chi connectivity index (χ4n) is 8.04. The molecule has 6 N–H and O–H groups in total. The molecule has 0 aromatic carbocycles. The Labute approximate surface area is 392 Å². The topological polar surface area (TPSA) is 149 Å². The van der Waals surface area contributed by atoms with E-state index in [1.54, 1.807) is 6.08 Å². The molecule has 1 rings (SSSR count). The van der Waals surface area contributed by atoms with Crippen LogP contribution in [0.25, 0.3) is 0 Å². The van der Waals surface area contributed by atoms with Gasteiger partial charge in [0.2, 0.25) is 5.91 Å². The molecule has 0 spiro atoms. The zero-order valence-corrected chi connectivity index (χ0v) is 41.0. The molecule has 0 aromatic rings. The van der Waals surface area contributed by atoms with Crippen molar-refractivity contribution >= 4 is 5.91 Å². The number of hydrogen-bond donors (Lipinski definition) is 6. The summed E-state index contributed by atoms with van der Waals surface area (Å²) in [6, 6.07) is -0.832. The van der Waals surface area contributed by atoms with Gasteiger partial charge in [0, 0.05) is 6.42 Å². The van der Waals surface area contributed by atoms with Crippen molar-refractivity contribution in [2.24, 2.45) is 0 Å². The molecular weight excluding hydrogens is 803 g/mol. The summed E-state index contributed by atoms with van der Waals surface area (Å²) >= 11 is 0. The molecule has 1 aliphatic rings. The Kier molecular flexibility index (Phi) is 41.9. The van der Waals surface area contributed by atoms with Gasteiger partial charge in [0.15, 0.2) is 6.29 Å². The number of allylic oxidation sites excluding steroid dienone is 9. The maximum Gasteiger partial charge on any atom is 0.220 e. The number of carbonyl (C=O) groups excluding carboxylic acids is 1. The molecule has 1 fully saturated rings. The molecule has 64 heavy (non-hydrogen) atoms. The van der Waals surface area contributed by atoms with Crippen LogP contribution in [-0.4, -0.2) is 87.5 Å². The van der Waals surface area contributed by atoms with Gasteiger partial charge in [0.25, 0.3) is 0 Å². The standard InChI is InChI=1S/C55H99NO8/c1-3-5-7-9-11-13-15-17-19-21-22-23-24-25-26-27-28-29-31-33-35-37-39-41-43-45-51(59)56-48(47-63-55-54(62)53(61)52(60)50(46-57)64-55)49(58)44-42-40-38-36-34-32-30-20-18-16-14-12-10-8-6-4-2/h18,20,22-23,25-26,34,36,42,44,48-50,52-55,57-58,60-62H,3-17,19,21,24,27-33,35,37-41,43,45-47H2,1-2H3,(H,56,59)/b20-18+,23-22-,26-25-,36-34+,44-42+. The largest absolute Gasteiger partial charge is 0.394 e. The molecule has 9 heteroatoms. The lowest BCUT2D eigenvalue weighted by Crippen LogP contribution is -2.60. The maximum absolute atomic E-state index is 13.0. The van der Waals surface area contributed by atoms with Crippen LogP contribution >= 0.6 is 0 Å². The van der Waals surface area contributed by atoms with Crippen molar-refractivity contribution in [2.45, 2.75) is 269 Å². The van der Waals surface area contributed by atoms with E-state index < -0.39 is 49.5 Å². The van der Waals surface area contributed by atoms with Crippen LogP contribution in [-0.2, 0) is 14.3 Å². The normalized spacial score (nSPS) is 20.5. The molecule has 7 atom stereocenters. The minimum atomic E-state index is -1.58. The van der Waals surface area contributed by atoms with Crippen molar-refractivity contribution in [3.05, 3.63) is 60.8 Å². The summed E-state index contributed by atoms with van der Waals surface area (Å²) in [6.07, 6.45) is 52.7. The smallest absolute Gasteiger partial charge is 0.220 e. The second kappa shape index (κ2) is 44.7. The Morgan fingerprint density at radius 3 is 1.41 bits per heavy atom. The lowest BCUT2D eigenvalue weighted by molar-refractivity contribution is -0.302. The van der Waals surface area contributed by atoms with E-state index in [9.17, 15) is 30.3 Å². The fraction of sp³-hybridized carbons (Fsp3) is 0.800. The number of amides is 1. The SMILES string of the molecule is CCCCCCCC/C=C/CC/C=C/CC/C=C/C(O)C(COC1OC(CO)C(O)C(O)C1O)NC(=O)CCCCCCCCCCC/C=C\C/C=C\CCCCCCCCCCC. The lowest BCUT2D eigenvalue weighted by Gasteiger charge is -2.40. The van der Waals surface area contributed by atoms with Crippen molar-refractivity contribution in [3.63, 3.8) is 0 Å². The first-order chi connectivity index (χ1) is 31.3. The minimum absolute atomic E-state index is 0.196. The quantitative estimate of drug-likeness (QED) is 0.0262. The molecule has 7 unspecified atom stereocenters. The zero-order chi connectivity index (χ0) is 46.6. The number of aliphatic hydroxyl groups excluding tert-OH is 5. The Hall–Kier alpha value is -2.11. The first-order valence-electron chi connectivity index (χ1n) is 26.5. The first-order valence-corrected chi connectivity index (χ1v) is 26.5. The molecule has 1 amide bonds. The highest BCUT2D eigenvalue weighted by molar-refractivity contribution is 5.76. The van der Waals surface area contributed by atoms with Crippen LogP contribution in [0, 0.1) is 0 Å². The number of ether oxygens (including phenoxy) is 2. The molecule has 0 aromatic heterocycles. The van der Waals surface area contributed by atoms with Crippen molar-refractivity contribution in [2.75, 3.05) is 13.2 Å². The molecule has 1 heterocycles. The highest BCUT2D eigenvalue weighted by atomic mass is 16.7. The molecule has 0 saturated carbocycles. The number of carbonyl (C=O) groups is 1. The van der Waals surface area contributed by atoms with E-state index >= 15 is 0 Å². The number of unbranched alkanes of at least 4 members (excludes halogenated alkanes) is 26. The highest BCUT2D eigenvalue weighted by Gasteiger charge is 2.44. The molecule has 0 bridgehead atoms. The average molecular weight is 902 g/mol. The minimum Gasteiger partial charge on any atom is -0.394 e. The lowest BCUT2D eigenvalue weighted by atomic mass is 9.99. The van der Waals surface area contributed by atoms with Crippen LogP contribution in [0.3, 0.4) is 0 Å². The maximum atomic E-state index is 13.0. The highest BCUT2D eigenvalue weighted by Crippen LogP contribution is 2.23. The van der Waals surface area contributed by atoms with Gasteiger partial charge >= 0.3 is 0 Å².